The Balaban J connectivity index is 2.66. The van der Waals surface area contributed by atoms with Crippen molar-refractivity contribution in [1.82, 2.24) is 15.2 Å². The van der Waals surface area contributed by atoms with E-state index < -0.39 is 5.97 Å². The van der Waals surface area contributed by atoms with Gasteiger partial charge in [0.1, 0.15) is 5.69 Å². The Labute approximate surface area is 125 Å². The minimum Gasteiger partial charge on any atom is -0.477 e. The second kappa shape index (κ2) is 7.83. The van der Waals surface area contributed by atoms with Gasteiger partial charge >= 0.3 is 5.97 Å². The third kappa shape index (κ3) is 4.32. The van der Waals surface area contributed by atoms with E-state index >= 15 is 0 Å². The number of H-pyrrole nitrogens is 1. The van der Waals surface area contributed by atoms with E-state index in [-0.39, 0.29) is 11.6 Å². The molecule has 21 heavy (non-hydrogen) atoms. The summed E-state index contributed by atoms with van der Waals surface area (Å²) in [6.45, 7) is 10.9. The molecule has 6 nitrogen and oxygen atoms in total. The summed E-state index contributed by atoms with van der Waals surface area (Å²) in [5.41, 5.74) is 1.59. The number of carboxylic acids is 1. The van der Waals surface area contributed by atoms with E-state index in [0.717, 1.165) is 26.1 Å². The van der Waals surface area contributed by atoms with Crippen molar-refractivity contribution in [2.24, 2.45) is 0 Å². The lowest BCUT2D eigenvalue weighted by Crippen LogP contribution is -2.35. The SMILES string of the molecule is CCCN(CC)CCNC(=O)c1c(C)[nH]c(C(=O)O)c1C. The van der Waals surface area contributed by atoms with Crippen molar-refractivity contribution in [3.8, 4) is 0 Å². The molecular weight excluding hydrogens is 270 g/mol. The number of carbonyl (C=O) groups is 2. The number of rotatable bonds is 8. The lowest BCUT2D eigenvalue weighted by molar-refractivity contribution is 0.0690. The summed E-state index contributed by atoms with van der Waals surface area (Å²) in [5.74, 6) is -1.27. The van der Waals surface area contributed by atoms with Crippen molar-refractivity contribution in [3.05, 3.63) is 22.5 Å². The zero-order valence-corrected chi connectivity index (χ0v) is 13.2. The summed E-state index contributed by atoms with van der Waals surface area (Å²) >= 11 is 0. The molecule has 1 aromatic heterocycles. The van der Waals surface area contributed by atoms with Crippen molar-refractivity contribution in [2.45, 2.75) is 34.1 Å². The molecule has 1 heterocycles. The normalized spacial score (nSPS) is 10.9. The predicted octanol–water partition coefficient (Wildman–Crippen LogP) is 1.79. The standard InChI is InChI=1S/C15H25N3O3/c1-5-8-18(6-2)9-7-16-14(19)12-10(3)13(15(20)21)17-11(12)4/h17H,5-9H2,1-4H3,(H,16,19)(H,20,21). The Bertz CT molecular complexity index is 509. The fourth-order valence-corrected chi connectivity index (χ4v) is 2.46. The number of hydrogen-bond donors (Lipinski definition) is 3. The monoisotopic (exact) mass is 295 g/mol. The lowest BCUT2D eigenvalue weighted by atomic mass is 10.1. The van der Waals surface area contributed by atoms with Crippen molar-refractivity contribution >= 4 is 11.9 Å². The van der Waals surface area contributed by atoms with E-state index in [4.69, 9.17) is 5.11 Å². The Hall–Kier alpha value is -1.82. The number of aromatic amines is 1. The zero-order chi connectivity index (χ0) is 16.0. The van der Waals surface area contributed by atoms with Crippen LogP contribution < -0.4 is 5.32 Å². The number of nitrogens with one attached hydrogen (secondary N) is 2. The number of carboxylic acid groups (broad SMARTS) is 1. The van der Waals surface area contributed by atoms with Crippen LogP contribution in [0, 0.1) is 13.8 Å². The molecule has 0 atom stereocenters. The maximum absolute atomic E-state index is 12.2. The molecule has 0 aliphatic heterocycles. The summed E-state index contributed by atoms with van der Waals surface area (Å²) in [4.78, 5) is 28.3. The van der Waals surface area contributed by atoms with Crippen LogP contribution in [-0.4, -0.2) is 53.0 Å². The highest BCUT2D eigenvalue weighted by Gasteiger charge is 2.21. The van der Waals surface area contributed by atoms with E-state index in [2.05, 4.69) is 29.0 Å². The van der Waals surface area contributed by atoms with Gasteiger partial charge in [0.15, 0.2) is 0 Å². The second-order valence-corrected chi connectivity index (χ2v) is 5.12. The molecule has 0 aliphatic rings. The molecule has 0 bridgehead atoms. The van der Waals surface area contributed by atoms with Gasteiger partial charge in [0.25, 0.3) is 5.91 Å². The summed E-state index contributed by atoms with van der Waals surface area (Å²) in [7, 11) is 0. The molecule has 0 unspecified atom stereocenters. The molecule has 1 aromatic rings. The molecule has 1 amide bonds. The fourth-order valence-electron chi connectivity index (χ4n) is 2.46. The average molecular weight is 295 g/mol. The summed E-state index contributed by atoms with van der Waals surface area (Å²) in [6.07, 6.45) is 1.08. The molecule has 0 radical (unpaired) electrons. The smallest absolute Gasteiger partial charge is 0.352 e. The van der Waals surface area contributed by atoms with Crippen LogP contribution in [-0.2, 0) is 0 Å². The van der Waals surface area contributed by atoms with Gasteiger partial charge < -0.3 is 20.3 Å². The molecule has 0 spiro atoms. The number of aryl methyl sites for hydroxylation is 1. The maximum Gasteiger partial charge on any atom is 0.352 e. The van der Waals surface area contributed by atoms with Crippen molar-refractivity contribution in [1.29, 1.82) is 0 Å². The second-order valence-electron chi connectivity index (χ2n) is 5.12. The number of aromatic carboxylic acids is 1. The van der Waals surface area contributed by atoms with Crippen LogP contribution in [0.15, 0.2) is 0 Å². The van der Waals surface area contributed by atoms with Crippen LogP contribution in [0.25, 0.3) is 0 Å². The van der Waals surface area contributed by atoms with Gasteiger partial charge in [-0.15, -0.1) is 0 Å². The zero-order valence-electron chi connectivity index (χ0n) is 13.2. The van der Waals surface area contributed by atoms with Crippen LogP contribution >= 0.6 is 0 Å². The quantitative estimate of drug-likeness (QED) is 0.682. The van der Waals surface area contributed by atoms with Gasteiger partial charge in [-0.2, -0.15) is 0 Å². The van der Waals surface area contributed by atoms with Gasteiger partial charge in [0.2, 0.25) is 0 Å². The van der Waals surface area contributed by atoms with E-state index in [0.29, 0.717) is 23.4 Å². The van der Waals surface area contributed by atoms with Gasteiger partial charge in [0, 0.05) is 18.8 Å². The summed E-state index contributed by atoms with van der Waals surface area (Å²) < 4.78 is 0. The minimum atomic E-state index is -1.05. The first-order chi connectivity index (χ1) is 9.92. The van der Waals surface area contributed by atoms with Crippen LogP contribution in [0.3, 0.4) is 0 Å². The number of carbonyl (C=O) groups excluding carboxylic acids is 1. The maximum atomic E-state index is 12.2. The summed E-state index contributed by atoms with van der Waals surface area (Å²) in [6, 6.07) is 0. The number of likely N-dealkylation sites (N-methyl/N-ethyl adjacent to an activating group) is 1. The lowest BCUT2D eigenvalue weighted by Gasteiger charge is -2.19. The molecule has 0 saturated carbocycles. The molecule has 0 fully saturated rings. The number of amides is 1. The largest absolute Gasteiger partial charge is 0.477 e. The van der Waals surface area contributed by atoms with Crippen LogP contribution in [0.5, 0.6) is 0 Å². The fraction of sp³-hybridized carbons (Fsp3) is 0.600. The number of nitrogens with zero attached hydrogens (tertiary/aromatic N) is 1. The summed E-state index contributed by atoms with van der Waals surface area (Å²) in [5, 5.41) is 11.9. The predicted molar refractivity (Wildman–Crippen MR) is 82.0 cm³/mol. The number of hydrogen-bond acceptors (Lipinski definition) is 3. The minimum absolute atomic E-state index is 0.0822. The highest BCUT2D eigenvalue weighted by atomic mass is 16.4. The van der Waals surface area contributed by atoms with Gasteiger partial charge in [-0.25, -0.2) is 4.79 Å². The molecule has 3 N–H and O–H groups in total. The molecule has 118 valence electrons. The Morgan fingerprint density at radius 3 is 2.38 bits per heavy atom. The average Bonchev–Trinajstić information content (AvgIpc) is 2.73. The highest BCUT2D eigenvalue weighted by molar-refractivity contribution is 6.00. The van der Waals surface area contributed by atoms with E-state index in [9.17, 15) is 9.59 Å². The topological polar surface area (TPSA) is 85.4 Å². The third-order valence-corrected chi connectivity index (χ3v) is 3.58. The molecule has 1 rings (SSSR count). The van der Waals surface area contributed by atoms with Crippen molar-refractivity contribution in [2.75, 3.05) is 26.2 Å². The van der Waals surface area contributed by atoms with Gasteiger partial charge in [-0.1, -0.05) is 13.8 Å². The van der Waals surface area contributed by atoms with Gasteiger partial charge in [-0.05, 0) is 38.9 Å². The highest BCUT2D eigenvalue weighted by Crippen LogP contribution is 2.17. The van der Waals surface area contributed by atoms with Crippen molar-refractivity contribution < 1.29 is 14.7 Å². The Morgan fingerprint density at radius 2 is 1.90 bits per heavy atom. The Morgan fingerprint density at radius 1 is 1.24 bits per heavy atom. The van der Waals surface area contributed by atoms with Crippen LogP contribution in [0.4, 0.5) is 0 Å². The molecular formula is C15H25N3O3. The van der Waals surface area contributed by atoms with E-state index in [1.165, 1.54) is 0 Å². The molecule has 6 heteroatoms. The first kappa shape index (κ1) is 17.2. The van der Waals surface area contributed by atoms with Crippen LogP contribution in [0.1, 0.15) is 52.4 Å². The Kier molecular flexibility index (Phi) is 6.42. The first-order valence-electron chi connectivity index (χ1n) is 7.35. The van der Waals surface area contributed by atoms with Gasteiger partial charge in [0.05, 0.1) is 5.56 Å². The van der Waals surface area contributed by atoms with Crippen LogP contribution in [0.2, 0.25) is 0 Å². The van der Waals surface area contributed by atoms with Crippen molar-refractivity contribution in [3.63, 3.8) is 0 Å². The van der Waals surface area contributed by atoms with E-state index in [1.54, 1.807) is 13.8 Å². The molecule has 0 aromatic carbocycles. The number of aromatic nitrogens is 1. The molecule has 0 aliphatic carbocycles. The third-order valence-electron chi connectivity index (χ3n) is 3.58. The first-order valence-corrected chi connectivity index (χ1v) is 7.35. The van der Waals surface area contributed by atoms with Gasteiger partial charge in [-0.3, -0.25) is 4.79 Å². The molecule has 0 saturated heterocycles. The van der Waals surface area contributed by atoms with E-state index in [1.807, 2.05) is 0 Å².